The van der Waals surface area contributed by atoms with Crippen LogP contribution in [-0.4, -0.2) is 24.5 Å². The van der Waals surface area contributed by atoms with Crippen LogP contribution >= 0.6 is 11.3 Å². The van der Waals surface area contributed by atoms with Crippen LogP contribution in [0.4, 0.5) is 0 Å². The fourth-order valence-electron chi connectivity index (χ4n) is 2.43. The Hall–Kier alpha value is -0.380. The van der Waals surface area contributed by atoms with Gasteiger partial charge < -0.3 is 10.6 Å². The highest BCUT2D eigenvalue weighted by atomic mass is 32.1. The molecule has 0 amide bonds. The van der Waals surface area contributed by atoms with Crippen molar-refractivity contribution in [1.29, 1.82) is 0 Å². The van der Waals surface area contributed by atoms with Crippen LogP contribution in [-0.2, 0) is 6.54 Å². The summed E-state index contributed by atoms with van der Waals surface area (Å²) in [4.78, 5) is 3.85. The smallest absolute Gasteiger partial charge is 0.0324 e. The Kier molecular flexibility index (Phi) is 3.78. The lowest BCUT2D eigenvalue weighted by Gasteiger charge is -2.23. The number of nitrogens with zero attached hydrogens (tertiary/aromatic N) is 1. The summed E-state index contributed by atoms with van der Waals surface area (Å²) in [6.07, 6.45) is 3.85. The zero-order valence-electron chi connectivity index (χ0n) is 9.36. The van der Waals surface area contributed by atoms with E-state index in [0.717, 1.165) is 19.0 Å². The van der Waals surface area contributed by atoms with E-state index in [9.17, 15) is 0 Å². The first kappa shape index (κ1) is 11.1. The first-order valence-corrected chi connectivity index (χ1v) is 6.60. The Bertz CT molecular complexity index is 284. The van der Waals surface area contributed by atoms with E-state index in [2.05, 4.69) is 29.5 Å². The molecule has 1 aromatic heterocycles. The Morgan fingerprint density at radius 1 is 1.53 bits per heavy atom. The van der Waals surface area contributed by atoms with Crippen molar-refractivity contribution in [1.82, 2.24) is 4.90 Å². The van der Waals surface area contributed by atoms with Gasteiger partial charge in [-0.1, -0.05) is 12.5 Å². The van der Waals surface area contributed by atoms with Gasteiger partial charge >= 0.3 is 0 Å². The van der Waals surface area contributed by atoms with Crippen molar-refractivity contribution in [3.05, 3.63) is 22.4 Å². The second kappa shape index (κ2) is 5.10. The Morgan fingerprint density at radius 2 is 2.40 bits per heavy atom. The minimum Gasteiger partial charge on any atom is -0.327 e. The summed E-state index contributed by atoms with van der Waals surface area (Å²) < 4.78 is 0. The summed E-state index contributed by atoms with van der Waals surface area (Å²) >= 11 is 1.84. The molecular weight excluding hydrogens is 204 g/mol. The normalized spacial score (nSPS) is 26.3. The second-order valence-corrected chi connectivity index (χ2v) is 5.66. The van der Waals surface area contributed by atoms with Crippen molar-refractivity contribution in [2.45, 2.75) is 31.8 Å². The van der Waals surface area contributed by atoms with Crippen LogP contribution in [0.25, 0.3) is 0 Å². The molecule has 1 fully saturated rings. The van der Waals surface area contributed by atoms with Crippen LogP contribution in [0.1, 0.15) is 24.1 Å². The lowest BCUT2D eigenvalue weighted by molar-refractivity contribution is 0.261. The summed E-state index contributed by atoms with van der Waals surface area (Å²) in [7, 11) is 2.20. The summed E-state index contributed by atoms with van der Waals surface area (Å²) in [5, 5.41) is 2.14. The largest absolute Gasteiger partial charge is 0.327 e. The number of rotatable bonds is 4. The van der Waals surface area contributed by atoms with Gasteiger partial charge in [0.05, 0.1) is 0 Å². The van der Waals surface area contributed by atoms with Crippen LogP contribution < -0.4 is 5.73 Å². The molecule has 1 aliphatic carbocycles. The Balaban J connectivity index is 1.79. The van der Waals surface area contributed by atoms with Gasteiger partial charge in [0.1, 0.15) is 0 Å². The molecule has 0 saturated heterocycles. The molecule has 0 aromatic carbocycles. The zero-order chi connectivity index (χ0) is 10.7. The number of hydrogen-bond acceptors (Lipinski definition) is 3. The predicted molar refractivity (Wildman–Crippen MR) is 66.0 cm³/mol. The molecule has 3 heteroatoms. The van der Waals surface area contributed by atoms with E-state index >= 15 is 0 Å². The van der Waals surface area contributed by atoms with Crippen LogP contribution in [0.3, 0.4) is 0 Å². The molecule has 2 nitrogen and oxygen atoms in total. The van der Waals surface area contributed by atoms with E-state index in [-0.39, 0.29) is 0 Å². The lowest BCUT2D eigenvalue weighted by Crippen LogP contribution is -2.33. The minimum absolute atomic E-state index is 0.441. The molecule has 0 aliphatic heterocycles. The van der Waals surface area contributed by atoms with Gasteiger partial charge in [0.2, 0.25) is 0 Å². The third-order valence-corrected chi connectivity index (χ3v) is 4.13. The Labute approximate surface area is 96.1 Å². The molecule has 0 spiro atoms. The second-order valence-electron chi connectivity index (χ2n) is 4.63. The van der Waals surface area contributed by atoms with Gasteiger partial charge in [0, 0.05) is 24.0 Å². The molecule has 84 valence electrons. The summed E-state index contributed by atoms with van der Waals surface area (Å²) in [5.41, 5.74) is 6.08. The summed E-state index contributed by atoms with van der Waals surface area (Å²) in [6, 6.07) is 4.76. The van der Waals surface area contributed by atoms with Gasteiger partial charge in [0.15, 0.2) is 0 Å². The van der Waals surface area contributed by atoms with Crippen molar-refractivity contribution in [2.75, 3.05) is 13.6 Å². The van der Waals surface area contributed by atoms with Gasteiger partial charge in [0.25, 0.3) is 0 Å². The molecule has 2 rings (SSSR count). The average Bonchev–Trinajstić information content (AvgIpc) is 2.79. The predicted octanol–water partition coefficient (Wildman–Crippen LogP) is 2.31. The number of nitrogens with two attached hydrogens (primary N) is 1. The first-order valence-electron chi connectivity index (χ1n) is 5.72. The minimum atomic E-state index is 0.441. The molecule has 2 N–H and O–H groups in total. The maximum absolute atomic E-state index is 6.08. The van der Waals surface area contributed by atoms with Crippen molar-refractivity contribution < 1.29 is 0 Å². The van der Waals surface area contributed by atoms with Crippen LogP contribution in [0.2, 0.25) is 0 Å². The molecule has 0 bridgehead atoms. The third-order valence-electron chi connectivity index (χ3n) is 3.27. The maximum Gasteiger partial charge on any atom is 0.0324 e. The standard InChI is InChI=1S/C12H20N2S/c1-14(9-11-5-3-7-15-11)8-10-4-2-6-12(10)13/h3,5,7,10,12H,2,4,6,8-9,13H2,1H3. The van der Waals surface area contributed by atoms with E-state index in [0.29, 0.717) is 6.04 Å². The molecule has 1 heterocycles. The summed E-state index contributed by atoms with van der Waals surface area (Å²) in [5.74, 6) is 0.718. The van der Waals surface area contributed by atoms with E-state index in [1.807, 2.05) is 11.3 Å². The molecule has 1 aromatic rings. The molecule has 2 unspecified atom stereocenters. The first-order chi connectivity index (χ1) is 7.25. The highest BCUT2D eigenvalue weighted by Gasteiger charge is 2.24. The molecule has 2 atom stereocenters. The third kappa shape index (κ3) is 3.03. The van der Waals surface area contributed by atoms with Crippen molar-refractivity contribution in [2.24, 2.45) is 11.7 Å². The van der Waals surface area contributed by atoms with Gasteiger partial charge in [-0.25, -0.2) is 0 Å². The van der Waals surface area contributed by atoms with Crippen LogP contribution in [0.15, 0.2) is 17.5 Å². The van der Waals surface area contributed by atoms with E-state index in [1.54, 1.807) is 0 Å². The van der Waals surface area contributed by atoms with E-state index < -0.39 is 0 Å². The van der Waals surface area contributed by atoms with Crippen molar-refractivity contribution in [3.63, 3.8) is 0 Å². The molecule has 15 heavy (non-hydrogen) atoms. The molecular formula is C12H20N2S. The van der Waals surface area contributed by atoms with Crippen molar-refractivity contribution >= 4 is 11.3 Å². The summed E-state index contributed by atoms with van der Waals surface area (Å²) in [6.45, 7) is 2.22. The quantitative estimate of drug-likeness (QED) is 0.850. The Morgan fingerprint density at radius 3 is 3.00 bits per heavy atom. The van der Waals surface area contributed by atoms with E-state index in [1.165, 1.54) is 24.1 Å². The SMILES string of the molecule is CN(Cc1cccs1)CC1CCCC1N. The fraction of sp³-hybridized carbons (Fsp3) is 0.667. The lowest BCUT2D eigenvalue weighted by atomic mass is 10.0. The maximum atomic E-state index is 6.08. The van der Waals surface area contributed by atoms with Gasteiger partial charge in [-0.2, -0.15) is 0 Å². The highest BCUT2D eigenvalue weighted by molar-refractivity contribution is 7.09. The van der Waals surface area contributed by atoms with Crippen LogP contribution in [0, 0.1) is 5.92 Å². The average molecular weight is 224 g/mol. The van der Waals surface area contributed by atoms with Crippen molar-refractivity contribution in [3.8, 4) is 0 Å². The number of hydrogen-bond donors (Lipinski definition) is 1. The topological polar surface area (TPSA) is 29.3 Å². The molecule has 1 aliphatic rings. The number of thiophene rings is 1. The van der Waals surface area contributed by atoms with E-state index in [4.69, 9.17) is 5.73 Å². The molecule has 1 saturated carbocycles. The van der Waals surface area contributed by atoms with Gasteiger partial charge in [-0.05, 0) is 37.3 Å². The van der Waals surface area contributed by atoms with Gasteiger partial charge in [-0.3, -0.25) is 0 Å². The zero-order valence-corrected chi connectivity index (χ0v) is 10.2. The monoisotopic (exact) mass is 224 g/mol. The molecule has 0 radical (unpaired) electrons. The highest BCUT2D eigenvalue weighted by Crippen LogP contribution is 2.25. The van der Waals surface area contributed by atoms with Gasteiger partial charge in [-0.15, -0.1) is 11.3 Å². The van der Waals surface area contributed by atoms with Crippen LogP contribution in [0.5, 0.6) is 0 Å². The fourth-order valence-corrected chi connectivity index (χ4v) is 3.21.